The summed E-state index contributed by atoms with van der Waals surface area (Å²) < 4.78 is 13.5. The molecular weight excluding hydrogens is 332 g/mol. The Balaban J connectivity index is 1.79. The van der Waals surface area contributed by atoms with Gasteiger partial charge in [-0.15, -0.1) is 0 Å². The molecule has 4 rings (SSSR count). The molecule has 1 unspecified atom stereocenters. The Labute approximate surface area is 152 Å². The lowest BCUT2D eigenvalue weighted by Gasteiger charge is -2.41. The van der Waals surface area contributed by atoms with Crippen molar-refractivity contribution in [1.29, 1.82) is 0 Å². The molecular formula is C20H22N2O4. The minimum Gasteiger partial charge on any atom is -0.483 e. The lowest BCUT2D eigenvalue weighted by Crippen LogP contribution is -2.50. The van der Waals surface area contributed by atoms with Gasteiger partial charge in [0.2, 0.25) is 5.43 Å². The topological polar surface area (TPSA) is 60.8 Å². The molecule has 0 saturated heterocycles. The zero-order valence-electron chi connectivity index (χ0n) is 15.0. The van der Waals surface area contributed by atoms with Gasteiger partial charge in [-0.3, -0.25) is 9.59 Å². The highest BCUT2D eigenvalue weighted by molar-refractivity contribution is 5.96. The standard InChI is InChI=1S/C20H22N2O4/c1-13(2)21-9-16-12-25-11-15-8-17(23)19(18(20(21)24)22(15)16)26-10-14-6-4-3-5-7-14/h3-8,13,16H,9-12H2,1-2H3. The van der Waals surface area contributed by atoms with E-state index in [1.807, 2.05) is 48.7 Å². The number of nitrogens with zero attached hydrogens (tertiary/aromatic N) is 2. The van der Waals surface area contributed by atoms with E-state index in [9.17, 15) is 9.59 Å². The molecule has 0 N–H and O–H groups in total. The van der Waals surface area contributed by atoms with Crippen molar-refractivity contribution in [3.63, 3.8) is 0 Å². The average Bonchev–Trinajstić information content (AvgIpc) is 2.63. The predicted molar refractivity (Wildman–Crippen MR) is 96.3 cm³/mol. The van der Waals surface area contributed by atoms with E-state index in [1.165, 1.54) is 6.07 Å². The summed E-state index contributed by atoms with van der Waals surface area (Å²) >= 11 is 0. The lowest BCUT2D eigenvalue weighted by molar-refractivity contribution is 0.0196. The van der Waals surface area contributed by atoms with Gasteiger partial charge >= 0.3 is 0 Å². The highest BCUT2D eigenvalue weighted by atomic mass is 16.5. The minimum atomic E-state index is -0.273. The third-order valence-corrected chi connectivity index (χ3v) is 4.93. The van der Waals surface area contributed by atoms with Gasteiger partial charge in [-0.05, 0) is 19.4 Å². The largest absolute Gasteiger partial charge is 0.483 e. The molecule has 0 spiro atoms. The number of ether oxygens (including phenoxy) is 2. The van der Waals surface area contributed by atoms with Crippen LogP contribution in [0.15, 0.2) is 41.2 Å². The molecule has 2 aromatic rings. The molecule has 0 radical (unpaired) electrons. The van der Waals surface area contributed by atoms with Gasteiger partial charge in [0.25, 0.3) is 5.91 Å². The van der Waals surface area contributed by atoms with E-state index in [-0.39, 0.29) is 35.8 Å². The summed E-state index contributed by atoms with van der Waals surface area (Å²) in [5.41, 5.74) is 1.78. The predicted octanol–water partition coefficient (Wildman–Crippen LogP) is 2.36. The Bertz CT molecular complexity index is 889. The third kappa shape index (κ3) is 2.80. The zero-order valence-corrected chi connectivity index (χ0v) is 15.0. The second-order valence-electron chi connectivity index (χ2n) is 7.04. The Morgan fingerprint density at radius 2 is 2.00 bits per heavy atom. The van der Waals surface area contributed by atoms with Crippen LogP contribution < -0.4 is 10.2 Å². The third-order valence-electron chi connectivity index (χ3n) is 4.93. The molecule has 2 aliphatic rings. The van der Waals surface area contributed by atoms with Crippen molar-refractivity contribution >= 4 is 5.91 Å². The molecule has 26 heavy (non-hydrogen) atoms. The van der Waals surface area contributed by atoms with Crippen LogP contribution in [-0.2, 0) is 18.0 Å². The summed E-state index contributed by atoms with van der Waals surface area (Å²) in [7, 11) is 0. The van der Waals surface area contributed by atoms with Crippen LogP contribution in [0.2, 0.25) is 0 Å². The van der Waals surface area contributed by atoms with Crippen LogP contribution in [0, 0.1) is 0 Å². The van der Waals surface area contributed by atoms with Gasteiger partial charge in [-0.1, -0.05) is 30.3 Å². The molecule has 2 aliphatic heterocycles. The molecule has 6 heteroatoms. The van der Waals surface area contributed by atoms with E-state index in [0.29, 0.717) is 25.5 Å². The average molecular weight is 354 g/mol. The van der Waals surface area contributed by atoms with E-state index < -0.39 is 0 Å². The second kappa shape index (κ2) is 6.61. The Hall–Kier alpha value is -2.60. The van der Waals surface area contributed by atoms with Crippen LogP contribution >= 0.6 is 0 Å². The Morgan fingerprint density at radius 3 is 2.73 bits per heavy atom. The van der Waals surface area contributed by atoms with Crippen LogP contribution in [0.1, 0.15) is 41.6 Å². The number of aromatic nitrogens is 1. The Morgan fingerprint density at radius 1 is 1.23 bits per heavy atom. The minimum absolute atomic E-state index is 0.00789. The summed E-state index contributed by atoms with van der Waals surface area (Å²) in [6, 6.07) is 11.2. The van der Waals surface area contributed by atoms with Crippen LogP contribution in [0.4, 0.5) is 0 Å². The van der Waals surface area contributed by atoms with Crippen LogP contribution in [0.25, 0.3) is 0 Å². The van der Waals surface area contributed by atoms with Crippen molar-refractivity contribution in [3.8, 4) is 5.75 Å². The van der Waals surface area contributed by atoms with Crippen LogP contribution in [-0.4, -0.2) is 34.6 Å². The first-order chi connectivity index (χ1) is 12.6. The summed E-state index contributed by atoms with van der Waals surface area (Å²) in [6.45, 7) is 5.65. The van der Waals surface area contributed by atoms with Crippen LogP contribution in [0.3, 0.4) is 0 Å². The van der Waals surface area contributed by atoms with Crippen molar-refractivity contribution in [3.05, 3.63) is 63.6 Å². The van der Waals surface area contributed by atoms with Crippen molar-refractivity contribution in [2.45, 2.75) is 39.1 Å². The number of carbonyl (C=O) groups excluding carboxylic acids is 1. The van der Waals surface area contributed by atoms with Gasteiger partial charge in [-0.25, -0.2) is 0 Å². The zero-order chi connectivity index (χ0) is 18.3. The lowest BCUT2D eigenvalue weighted by atomic mass is 10.1. The molecule has 1 amide bonds. The van der Waals surface area contributed by atoms with Gasteiger partial charge in [0.1, 0.15) is 6.61 Å². The SMILES string of the molecule is CC(C)N1CC2COCc3cc(=O)c(OCc4ccccc4)c(n32)C1=O. The van der Waals surface area contributed by atoms with Gasteiger partial charge in [-0.2, -0.15) is 0 Å². The number of amides is 1. The number of benzene rings is 1. The van der Waals surface area contributed by atoms with Gasteiger partial charge < -0.3 is 18.9 Å². The van der Waals surface area contributed by atoms with E-state index in [0.717, 1.165) is 11.3 Å². The van der Waals surface area contributed by atoms with E-state index in [1.54, 1.807) is 4.90 Å². The first kappa shape index (κ1) is 16.8. The van der Waals surface area contributed by atoms with Crippen molar-refractivity contribution in [1.82, 2.24) is 9.47 Å². The highest BCUT2D eigenvalue weighted by Gasteiger charge is 2.38. The number of pyridine rings is 1. The van der Waals surface area contributed by atoms with Crippen LogP contribution in [0.5, 0.6) is 5.75 Å². The maximum absolute atomic E-state index is 13.1. The van der Waals surface area contributed by atoms with Gasteiger partial charge in [0.05, 0.1) is 19.3 Å². The maximum Gasteiger partial charge on any atom is 0.274 e. The first-order valence-corrected chi connectivity index (χ1v) is 8.90. The molecule has 3 heterocycles. The highest BCUT2D eigenvalue weighted by Crippen LogP contribution is 2.32. The maximum atomic E-state index is 13.1. The molecule has 136 valence electrons. The normalized spacial score (nSPS) is 18.8. The fourth-order valence-electron chi connectivity index (χ4n) is 3.65. The monoisotopic (exact) mass is 354 g/mol. The molecule has 1 atom stereocenters. The van der Waals surface area contributed by atoms with Crippen molar-refractivity contribution in [2.75, 3.05) is 13.2 Å². The van der Waals surface area contributed by atoms with E-state index in [2.05, 4.69) is 0 Å². The number of carbonyl (C=O) groups is 1. The summed E-state index contributed by atoms with van der Waals surface area (Å²) in [5, 5.41) is 0. The fourth-order valence-corrected chi connectivity index (χ4v) is 3.65. The molecule has 0 fully saturated rings. The molecule has 6 nitrogen and oxygen atoms in total. The Kier molecular flexibility index (Phi) is 4.28. The summed E-state index contributed by atoms with van der Waals surface area (Å²) in [4.78, 5) is 27.6. The van der Waals surface area contributed by atoms with Crippen molar-refractivity contribution < 1.29 is 14.3 Å². The number of hydrogen-bond acceptors (Lipinski definition) is 4. The molecule has 1 aromatic carbocycles. The fraction of sp³-hybridized carbons (Fsp3) is 0.400. The number of rotatable bonds is 4. The molecule has 0 aliphatic carbocycles. The summed E-state index contributed by atoms with van der Waals surface area (Å²) in [6.07, 6.45) is 0. The quantitative estimate of drug-likeness (QED) is 0.846. The smallest absolute Gasteiger partial charge is 0.274 e. The van der Waals surface area contributed by atoms with Crippen molar-refractivity contribution in [2.24, 2.45) is 0 Å². The summed E-state index contributed by atoms with van der Waals surface area (Å²) in [5.74, 6) is -0.0139. The van der Waals surface area contributed by atoms with Gasteiger partial charge in [0, 0.05) is 24.3 Å². The van der Waals surface area contributed by atoms with Gasteiger partial charge in [0.15, 0.2) is 11.4 Å². The molecule has 0 saturated carbocycles. The molecule has 0 bridgehead atoms. The number of hydrogen-bond donors (Lipinski definition) is 0. The molecule has 1 aromatic heterocycles. The van der Waals surface area contributed by atoms with E-state index >= 15 is 0 Å². The second-order valence-corrected chi connectivity index (χ2v) is 7.04. The first-order valence-electron chi connectivity index (χ1n) is 8.90. The van der Waals surface area contributed by atoms with E-state index in [4.69, 9.17) is 9.47 Å².